The maximum Gasteiger partial charge on any atom is 0.343 e. The average Bonchev–Trinajstić information content (AvgIpc) is 2.61. The van der Waals surface area contributed by atoms with Gasteiger partial charge in [0.2, 0.25) is 0 Å². The third-order valence-electron chi connectivity index (χ3n) is 5.37. The maximum atomic E-state index is 14.6. The van der Waals surface area contributed by atoms with E-state index < -0.39 is 13.3 Å². The van der Waals surface area contributed by atoms with Crippen molar-refractivity contribution < 1.29 is 18.7 Å². The van der Waals surface area contributed by atoms with Crippen LogP contribution in [0.3, 0.4) is 0 Å². The minimum atomic E-state index is -3.83. The number of nitrogens with two attached hydrogens (primary N) is 2. The molecule has 0 amide bonds. The molecule has 2 aromatic rings. The molecule has 0 saturated heterocycles. The first kappa shape index (κ1) is 28.2. The summed E-state index contributed by atoms with van der Waals surface area (Å²) >= 11 is 0. The van der Waals surface area contributed by atoms with Crippen LogP contribution in [0.2, 0.25) is 0 Å². The van der Waals surface area contributed by atoms with E-state index in [9.17, 15) is 9.67 Å². The number of hydrogen-bond donors (Lipinski definition) is 3. The SMILES string of the molecule is CC(C)OP(=O)(OC(C)C)C(c1cc(C(C)(C)C)c(O)c(C(C)(C)C)c1)c1ccc(N)nc1N. The summed E-state index contributed by atoms with van der Waals surface area (Å²) in [5.41, 5.74) is 13.2. The number of benzene rings is 1. The number of aromatic hydroxyl groups is 1. The van der Waals surface area contributed by atoms with Crippen LogP contribution in [0.1, 0.15) is 97.2 Å². The predicted molar refractivity (Wildman–Crippen MR) is 140 cm³/mol. The highest BCUT2D eigenvalue weighted by Crippen LogP contribution is 2.66. The van der Waals surface area contributed by atoms with Gasteiger partial charge in [-0.05, 0) is 61.3 Å². The molecule has 1 aromatic carbocycles. The number of phenols is 1. The van der Waals surface area contributed by atoms with Crippen molar-refractivity contribution in [1.82, 2.24) is 4.98 Å². The van der Waals surface area contributed by atoms with Crippen LogP contribution in [-0.4, -0.2) is 22.3 Å². The van der Waals surface area contributed by atoms with Crippen molar-refractivity contribution in [2.45, 2.75) is 97.9 Å². The molecule has 7 nitrogen and oxygen atoms in total. The Morgan fingerprint density at radius 1 is 0.882 bits per heavy atom. The molecule has 34 heavy (non-hydrogen) atoms. The van der Waals surface area contributed by atoms with Crippen LogP contribution < -0.4 is 11.5 Å². The largest absolute Gasteiger partial charge is 0.507 e. The predicted octanol–water partition coefficient (Wildman–Crippen LogP) is 6.68. The van der Waals surface area contributed by atoms with Crippen molar-refractivity contribution in [3.05, 3.63) is 46.5 Å². The zero-order valence-electron chi connectivity index (χ0n) is 22.3. The number of nitrogen functional groups attached to an aromatic ring is 2. The number of aromatic nitrogens is 1. The lowest BCUT2D eigenvalue weighted by Gasteiger charge is -2.34. The standard InChI is InChI=1S/C26H42N3O4P/c1-15(2)32-34(31,33-16(3)4)23(18-11-12-21(27)29-24(18)28)17-13-19(25(5,6)7)22(30)20(14-17)26(8,9)10/h11-16,23,30H,1-10H3,(H4,27,28,29). The fourth-order valence-corrected chi connectivity index (χ4v) is 6.50. The molecule has 1 heterocycles. The molecule has 8 heteroatoms. The summed E-state index contributed by atoms with van der Waals surface area (Å²) in [5, 5.41) is 11.2. The first-order valence-corrected chi connectivity index (χ1v) is 13.3. The van der Waals surface area contributed by atoms with Gasteiger partial charge < -0.3 is 25.6 Å². The lowest BCUT2D eigenvalue weighted by atomic mass is 9.78. The first-order chi connectivity index (χ1) is 15.4. The number of hydrogen-bond acceptors (Lipinski definition) is 7. The summed E-state index contributed by atoms with van der Waals surface area (Å²) in [4.78, 5) is 4.23. The van der Waals surface area contributed by atoms with Crippen molar-refractivity contribution in [2.24, 2.45) is 0 Å². The van der Waals surface area contributed by atoms with Gasteiger partial charge in [0.15, 0.2) is 0 Å². The Labute approximate surface area is 204 Å². The number of nitrogens with zero attached hydrogens (tertiary/aromatic N) is 1. The molecule has 1 atom stereocenters. The van der Waals surface area contributed by atoms with Gasteiger partial charge in [-0.1, -0.05) is 59.7 Å². The second kappa shape index (κ2) is 9.88. The molecule has 0 aliphatic carbocycles. The van der Waals surface area contributed by atoms with Gasteiger partial charge in [-0.3, -0.25) is 4.57 Å². The van der Waals surface area contributed by atoms with Crippen LogP contribution in [0.4, 0.5) is 11.6 Å². The Kier molecular flexibility index (Phi) is 8.19. The highest BCUT2D eigenvalue weighted by atomic mass is 31.2. The van der Waals surface area contributed by atoms with Crippen molar-refractivity contribution in [2.75, 3.05) is 11.5 Å². The topological polar surface area (TPSA) is 121 Å². The van der Waals surface area contributed by atoms with Crippen LogP contribution in [0.5, 0.6) is 5.75 Å². The zero-order valence-corrected chi connectivity index (χ0v) is 23.2. The van der Waals surface area contributed by atoms with Crippen molar-refractivity contribution in [1.29, 1.82) is 0 Å². The molecule has 0 saturated carbocycles. The molecule has 190 valence electrons. The number of pyridine rings is 1. The summed E-state index contributed by atoms with van der Waals surface area (Å²) < 4.78 is 26.6. The van der Waals surface area contributed by atoms with E-state index in [-0.39, 0.29) is 40.4 Å². The molecular weight excluding hydrogens is 449 g/mol. The van der Waals surface area contributed by atoms with Crippen molar-refractivity contribution in [3.8, 4) is 5.75 Å². The third kappa shape index (κ3) is 6.32. The summed E-state index contributed by atoms with van der Waals surface area (Å²) in [6, 6.07) is 7.11. The first-order valence-electron chi connectivity index (χ1n) is 11.7. The highest BCUT2D eigenvalue weighted by Gasteiger charge is 2.43. The number of phenolic OH excluding ortho intramolecular Hbond substituents is 1. The van der Waals surface area contributed by atoms with Gasteiger partial charge in [0, 0.05) is 5.56 Å². The highest BCUT2D eigenvalue weighted by molar-refractivity contribution is 7.54. The molecule has 0 aliphatic heterocycles. The van der Waals surface area contributed by atoms with Gasteiger partial charge in [-0.25, -0.2) is 4.98 Å². The van der Waals surface area contributed by atoms with E-state index in [4.69, 9.17) is 20.5 Å². The van der Waals surface area contributed by atoms with E-state index in [0.717, 1.165) is 11.1 Å². The van der Waals surface area contributed by atoms with Crippen LogP contribution >= 0.6 is 7.60 Å². The summed E-state index contributed by atoms with van der Waals surface area (Å²) in [5.74, 6) is 0.656. The van der Waals surface area contributed by atoms with E-state index in [1.54, 1.807) is 12.1 Å². The Morgan fingerprint density at radius 3 is 1.68 bits per heavy atom. The van der Waals surface area contributed by atoms with Gasteiger partial charge in [-0.2, -0.15) is 0 Å². The van der Waals surface area contributed by atoms with Crippen molar-refractivity contribution in [3.63, 3.8) is 0 Å². The van der Waals surface area contributed by atoms with Crippen LogP contribution in [-0.2, 0) is 24.4 Å². The van der Waals surface area contributed by atoms with E-state index in [1.165, 1.54) is 0 Å². The Morgan fingerprint density at radius 2 is 1.32 bits per heavy atom. The second-order valence-corrected chi connectivity index (χ2v) is 13.4. The van der Waals surface area contributed by atoms with Crippen LogP contribution in [0.15, 0.2) is 24.3 Å². The number of rotatable bonds is 7. The van der Waals surface area contributed by atoms with Gasteiger partial charge in [0.1, 0.15) is 23.0 Å². The number of anilines is 2. The van der Waals surface area contributed by atoms with Crippen LogP contribution in [0.25, 0.3) is 0 Å². The molecule has 1 aromatic heterocycles. The molecule has 5 N–H and O–H groups in total. The van der Waals surface area contributed by atoms with Gasteiger partial charge >= 0.3 is 7.60 Å². The maximum absolute atomic E-state index is 14.6. The Hall–Kier alpha value is -2.08. The zero-order chi connectivity index (χ0) is 26.2. The second-order valence-electron chi connectivity index (χ2n) is 11.4. The van der Waals surface area contributed by atoms with E-state index in [2.05, 4.69) is 4.98 Å². The minimum Gasteiger partial charge on any atom is -0.507 e. The van der Waals surface area contributed by atoms with Crippen LogP contribution in [0, 0.1) is 0 Å². The summed E-state index contributed by atoms with van der Waals surface area (Å²) in [7, 11) is -3.83. The van der Waals surface area contributed by atoms with E-state index in [0.29, 0.717) is 11.1 Å². The lowest BCUT2D eigenvalue weighted by Crippen LogP contribution is -2.21. The molecule has 0 radical (unpaired) electrons. The van der Waals surface area contributed by atoms with E-state index >= 15 is 0 Å². The summed E-state index contributed by atoms with van der Waals surface area (Å²) in [6.45, 7) is 19.4. The van der Waals surface area contributed by atoms with Gasteiger partial charge in [0.05, 0.1) is 12.2 Å². The quantitative estimate of drug-likeness (QED) is 0.369. The summed E-state index contributed by atoms with van der Waals surface area (Å²) in [6.07, 6.45) is -0.729. The molecule has 0 fully saturated rings. The molecule has 1 unspecified atom stereocenters. The normalized spacial score (nSPS) is 14.1. The fraction of sp³-hybridized carbons (Fsp3) is 0.577. The Bertz CT molecular complexity index is 1020. The fourth-order valence-electron chi connectivity index (χ4n) is 3.96. The minimum absolute atomic E-state index is 0.160. The third-order valence-corrected chi connectivity index (χ3v) is 8.01. The Balaban J connectivity index is 3.01. The molecular formula is C26H42N3O4P. The lowest BCUT2D eigenvalue weighted by molar-refractivity contribution is 0.138. The molecule has 2 rings (SSSR count). The van der Waals surface area contributed by atoms with E-state index in [1.807, 2.05) is 81.4 Å². The smallest absolute Gasteiger partial charge is 0.343 e. The molecule has 0 spiro atoms. The average molecular weight is 492 g/mol. The van der Waals surface area contributed by atoms with Crippen molar-refractivity contribution >= 4 is 19.2 Å². The molecule has 0 bridgehead atoms. The van der Waals surface area contributed by atoms with Gasteiger partial charge in [-0.15, -0.1) is 0 Å². The monoisotopic (exact) mass is 491 g/mol. The molecule has 0 aliphatic rings. The van der Waals surface area contributed by atoms with Gasteiger partial charge in [0.25, 0.3) is 0 Å².